The summed E-state index contributed by atoms with van der Waals surface area (Å²) in [4.78, 5) is 24.4. The molecule has 1 aromatic carbocycles. The number of carbonyl (C=O) groups is 2. The van der Waals surface area contributed by atoms with E-state index in [2.05, 4.69) is 0 Å². The van der Waals surface area contributed by atoms with E-state index in [9.17, 15) is 9.59 Å². The third kappa shape index (κ3) is 3.77. The first-order valence-electron chi connectivity index (χ1n) is 6.26. The van der Waals surface area contributed by atoms with Crippen molar-refractivity contribution in [2.45, 2.75) is 0 Å². The number of thioether (sulfide) groups is 1. The van der Waals surface area contributed by atoms with E-state index in [1.54, 1.807) is 12.1 Å². The highest BCUT2D eigenvalue weighted by molar-refractivity contribution is 8.26. The van der Waals surface area contributed by atoms with Gasteiger partial charge < -0.3 is 14.6 Å². The number of aliphatic carboxylic acids is 1. The number of methoxy groups -OCH3 is 2. The van der Waals surface area contributed by atoms with Crippen LogP contribution in [0.4, 0.5) is 0 Å². The van der Waals surface area contributed by atoms with Crippen molar-refractivity contribution < 1.29 is 24.2 Å². The molecular weight excluding hydrogens is 362 g/mol. The van der Waals surface area contributed by atoms with Crippen LogP contribution in [0.15, 0.2) is 17.0 Å². The van der Waals surface area contributed by atoms with Gasteiger partial charge >= 0.3 is 5.97 Å². The van der Waals surface area contributed by atoms with Gasteiger partial charge in [0.2, 0.25) is 0 Å². The minimum atomic E-state index is -1.14. The lowest BCUT2D eigenvalue weighted by molar-refractivity contribution is -0.140. The molecule has 1 saturated heterocycles. The van der Waals surface area contributed by atoms with Crippen molar-refractivity contribution in [2.75, 3.05) is 20.8 Å². The van der Waals surface area contributed by atoms with Gasteiger partial charge in [0.1, 0.15) is 22.4 Å². The molecule has 1 heterocycles. The molecule has 1 fully saturated rings. The molecule has 0 aromatic heterocycles. The van der Waals surface area contributed by atoms with Crippen molar-refractivity contribution in [1.29, 1.82) is 0 Å². The highest BCUT2D eigenvalue weighted by Crippen LogP contribution is 2.38. The van der Waals surface area contributed by atoms with Gasteiger partial charge in [-0.25, -0.2) is 0 Å². The topological polar surface area (TPSA) is 76.1 Å². The summed E-state index contributed by atoms with van der Waals surface area (Å²) < 4.78 is 10.6. The Hall–Kier alpha value is -1.77. The fourth-order valence-electron chi connectivity index (χ4n) is 1.90. The second kappa shape index (κ2) is 7.20. The molecule has 2 rings (SSSR count). The Balaban J connectivity index is 2.41. The molecule has 1 aliphatic heterocycles. The number of carboxylic acids is 1. The summed E-state index contributed by atoms with van der Waals surface area (Å²) in [7, 11) is 2.97. The molecule has 23 heavy (non-hydrogen) atoms. The maximum atomic E-state index is 12.3. The fraction of sp³-hybridized carbons (Fsp3) is 0.214. The minimum Gasteiger partial charge on any atom is -0.497 e. The monoisotopic (exact) mass is 373 g/mol. The van der Waals surface area contributed by atoms with E-state index in [-0.39, 0.29) is 9.23 Å². The van der Waals surface area contributed by atoms with Crippen LogP contribution < -0.4 is 9.47 Å². The zero-order valence-electron chi connectivity index (χ0n) is 12.2. The first-order chi connectivity index (χ1) is 10.9. The summed E-state index contributed by atoms with van der Waals surface area (Å²) in [6.07, 6.45) is 1.53. The predicted octanol–water partition coefficient (Wildman–Crippen LogP) is 2.64. The largest absolute Gasteiger partial charge is 0.497 e. The number of carboxylic acid groups (broad SMARTS) is 1. The lowest BCUT2D eigenvalue weighted by Crippen LogP contribution is -2.33. The van der Waals surface area contributed by atoms with Crippen LogP contribution in [0.25, 0.3) is 6.08 Å². The highest BCUT2D eigenvalue weighted by Gasteiger charge is 2.33. The van der Waals surface area contributed by atoms with E-state index in [1.165, 1.54) is 20.3 Å². The molecular formula is C14H12ClNO5S2. The first kappa shape index (κ1) is 17.6. The molecule has 9 heteroatoms. The Morgan fingerprint density at radius 3 is 2.70 bits per heavy atom. The van der Waals surface area contributed by atoms with Crippen LogP contribution in [-0.2, 0) is 9.59 Å². The van der Waals surface area contributed by atoms with E-state index < -0.39 is 18.4 Å². The van der Waals surface area contributed by atoms with Gasteiger partial charge in [-0.1, -0.05) is 35.6 Å². The summed E-state index contributed by atoms with van der Waals surface area (Å²) >= 11 is 12.3. The van der Waals surface area contributed by atoms with Gasteiger partial charge in [-0.3, -0.25) is 14.5 Å². The smallest absolute Gasteiger partial charge is 0.323 e. The van der Waals surface area contributed by atoms with Crippen LogP contribution >= 0.6 is 35.6 Å². The number of nitrogens with zero attached hydrogens (tertiary/aromatic N) is 1. The van der Waals surface area contributed by atoms with E-state index in [0.717, 1.165) is 16.7 Å². The van der Waals surface area contributed by atoms with Crippen molar-refractivity contribution in [3.63, 3.8) is 0 Å². The van der Waals surface area contributed by atoms with Gasteiger partial charge in [-0.15, -0.1) is 0 Å². The van der Waals surface area contributed by atoms with Crippen molar-refractivity contribution in [1.82, 2.24) is 4.90 Å². The third-order valence-corrected chi connectivity index (χ3v) is 4.65. The van der Waals surface area contributed by atoms with Crippen LogP contribution in [0, 0.1) is 0 Å². The van der Waals surface area contributed by atoms with Crippen LogP contribution in [0.1, 0.15) is 5.56 Å². The normalized spacial score (nSPS) is 16.1. The van der Waals surface area contributed by atoms with Gasteiger partial charge in [0.05, 0.1) is 24.1 Å². The zero-order valence-corrected chi connectivity index (χ0v) is 14.5. The molecule has 1 aliphatic rings. The standard InChI is InChI=1S/C14H12ClNO5S2/c1-20-7-3-9(15)8(10(4-7)21-2)5-11-13(19)16(6-12(17)18)14(22)23-11/h3-5H,6H2,1-2H3,(H,17,18). The second-order valence-electron chi connectivity index (χ2n) is 4.39. The van der Waals surface area contributed by atoms with Gasteiger partial charge in [0, 0.05) is 11.6 Å². The zero-order chi connectivity index (χ0) is 17.1. The number of amides is 1. The molecule has 6 nitrogen and oxygen atoms in total. The number of halogens is 1. The number of hydrogen-bond acceptors (Lipinski definition) is 6. The molecule has 0 aliphatic carbocycles. The van der Waals surface area contributed by atoms with Crippen molar-refractivity contribution in [3.05, 3.63) is 27.6 Å². The van der Waals surface area contributed by atoms with E-state index >= 15 is 0 Å². The van der Waals surface area contributed by atoms with Crippen molar-refractivity contribution in [3.8, 4) is 11.5 Å². The van der Waals surface area contributed by atoms with Crippen LogP contribution in [-0.4, -0.2) is 47.0 Å². The van der Waals surface area contributed by atoms with Gasteiger partial charge in [-0.05, 0) is 12.1 Å². The summed E-state index contributed by atoms with van der Waals surface area (Å²) in [5, 5.41) is 9.17. The molecule has 0 saturated carbocycles. The van der Waals surface area contributed by atoms with Gasteiger partial charge in [-0.2, -0.15) is 0 Å². The van der Waals surface area contributed by atoms with Gasteiger partial charge in [0.25, 0.3) is 5.91 Å². The van der Waals surface area contributed by atoms with Crippen LogP contribution in [0.5, 0.6) is 11.5 Å². The molecule has 0 radical (unpaired) electrons. The quantitative estimate of drug-likeness (QED) is 0.628. The maximum Gasteiger partial charge on any atom is 0.323 e. The molecule has 122 valence electrons. The molecule has 1 aromatic rings. The lowest BCUT2D eigenvalue weighted by Gasteiger charge is -2.11. The summed E-state index contributed by atoms with van der Waals surface area (Å²) in [5.41, 5.74) is 0.491. The minimum absolute atomic E-state index is 0.187. The fourth-order valence-corrected chi connectivity index (χ4v) is 3.39. The van der Waals surface area contributed by atoms with Crippen LogP contribution in [0.3, 0.4) is 0 Å². The average Bonchev–Trinajstić information content (AvgIpc) is 2.76. The van der Waals surface area contributed by atoms with E-state index in [4.69, 9.17) is 38.4 Å². The number of hydrogen-bond donors (Lipinski definition) is 1. The Morgan fingerprint density at radius 2 is 2.13 bits per heavy atom. The third-order valence-electron chi connectivity index (χ3n) is 2.96. The summed E-state index contributed by atoms with van der Waals surface area (Å²) in [6.45, 7) is -0.477. The Morgan fingerprint density at radius 1 is 1.43 bits per heavy atom. The number of rotatable bonds is 5. The molecule has 0 bridgehead atoms. The molecule has 1 amide bonds. The van der Waals surface area contributed by atoms with Gasteiger partial charge in [0.15, 0.2) is 0 Å². The van der Waals surface area contributed by atoms with E-state index in [0.29, 0.717) is 22.1 Å². The van der Waals surface area contributed by atoms with E-state index in [1.807, 2.05) is 0 Å². The number of ether oxygens (including phenoxy) is 2. The first-order valence-corrected chi connectivity index (χ1v) is 7.86. The second-order valence-corrected chi connectivity index (χ2v) is 6.47. The molecule has 0 spiro atoms. The SMILES string of the molecule is COc1cc(Cl)c(C=C2SC(=S)N(CC(=O)O)C2=O)c(OC)c1. The molecule has 1 N–H and O–H groups in total. The van der Waals surface area contributed by atoms with Crippen molar-refractivity contribution in [2.24, 2.45) is 0 Å². The maximum absolute atomic E-state index is 12.3. The van der Waals surface area contributed by atoms with Crippen molar-refractivity contribution >= 4 is 57.9 Å². The molecule has 0 atom stereocenters. The lowest BCUT2D eigenvalue weighted by atomic mass is 10.1. The Bertz CT molecular complexity index is 719. The number of thiocarbonyl (C=S) groups is 1. The Kier molecular flexibility index (Phi) is 5.51. The Labute approximate surface area is 147 Å². The highest BCUT2D eigenvalue weighted by atomic mass is 35.5. The average molecular weight is 374 g/mol. The number of benzene rings is 1. The summed E-state index contributed by atoms with van der Waals surface area (Å²) in [6, 6.07) is 3.23. The summed E-state index contributed by atoms with van der Waals surface area (Å²) in [5.74, 6) is -0.667. The van der Waals surface area contributed by atoms with Crippen LogP contribution in [0.2, 0.25) is 5.02 Å². The predicted molar refractivity (Wildman–Crippen MR) is 92.1 cm³/mol. The number of carbonyl (C=O) groups excluding carboxylic acids is 1. The molecule has 0 unspecified atom stereocenters.